The Morgan fingerprint density at radius 3 is 1.83 bits per heavy atom. The molecule has 2 rings (SSSR count). The Balaban J connectivity index is 2.06. The Morgan fingerprint density at radius 1 is 0.862 bits per heavy atom. The predicted molar refractivity (Wildman–Crippen MR) is 91.9 cm³/mol. The van der Waals surface area contributed by atoms with Crippen LogP contribution >= 0.6 is 0 Å². The third-order valence-electron chi connectivity index (χ3n) is 4.92. The van der Waals surface area contributed by atoms with Crippen LogP contribution < -0.4 is 0 Å². The lowest BCUT2D eigenvalue weighted by Gasteiger charge is -2.44. The average molecular weight is 424 g/mol. The first kappa shape index (κ1) is 24.1. The van der Waals surface area contributed by atoms with Crippen LogP contribution in [0.3, 0.4) is 0 Å². The summed E-state index contributed by atoms with van der Waals surface area (Å²) in [5.41, 5.74) is 0.310. The summed E-state index contributed by atoms with van der Waals surface area (Å²) in [5.74, 6) is -0.671. The summed E-state index contributed by atoms with van der Waals surface area (Å²) in [6.07, 6.45) is -14.5. The standard InChI is InChI=1S/C17H28O12/c1-3-6(2)15(25)26-5-8-10(20)12(22)14(24)17(28-8)29-16-13(23)11(21)9(19)7(4-18)27-16/h3,7-14,16-24H,4-5H2,1-2H3. The number of ether oxygens (including phenoxy) is 4. The molecule has 10 atom stereocenters. The van der Waals surface area contributed by atoms with Crippen molar-refractivity contribution in [3.63, 3.8) is 0 Å². The molecule has 12 nitrogen and oxygen atoms in total. The topological polar surface area (TPSA) is 196 Å². The van der Waals surface area contributed by atoms with Gasteiger partial charge in [0.2, 0.25) is 0 Å². The molecule has 10 unspecified atom stereocenters. The van der Waals surface area contributed by atoms with E-state index in [4.69, 9.17) is 18.9 Å². The van der Waals surface area contributed by atoms with Gasteiger partial charge in [-0.25, -0.2) is 4.79 Å². The summed E-state index contributed by atoms with van der Waals surface area (Å²) < 4.78 is 20.8. The van der Waals surface area contributed by atoms with E-state index >= 15 is 0 Å². The lowest BCUT2D eigenvalue weighted by Crippen LogP contribution is -2.63. The molecule has 0 amide bonds. The minimum atomic E-state index is -1.78. The van der Waals surface area contributed by atoms with Gasteiger partial charge in [-0.3, -0.25) is 0 Å². The second kappa shape index (κ2) is 10.2. The van der Waals surface area contributed by atoms with Crippen molar-refractivity contribution in [1.82, 2.24) is 0 Å². The number of esters is 1. The van der Waals surface area contributed by atoms with Crippen LogP contribution in [0.1, 0.15) is 13.8 Å². The van der Waals surface area contributed by atoms with Crippen molar-refractivity contribution in [3.8, 4) is 0 Å². The maximum atomic E-state index is 11.7. The van der Waals surface area contributed by atoms with Gasteiger partial charge < -0.3 is 54.7 Å². The SMILES string of the molecule is CC=C(C)C(=O)OCC1OC(OC2OC(CO)C(O)C(O)C2O)C(O)C(O)C1O. The van der Waals surface area contributed by atoms with Gasteiger partial charge in [0, 0.05) is 5.57 Å². The van der Waals surface area contributed by atoms with Crippen molar-refractivity contribution in [2.75, 3.05) is 13.2 Å². The summed E-state index contributed by atoms with van der Waals surface area (Å²) in [4.78, 5) is 11.7. The fourth-order valence-corrected chi connectivity index (χ4v) is 2.87. The van der Waals surface area contributed by atoms with Gasteiger partial charge >= 0.3 is 5.97 Å². The summed E-state index contributed by atoms with van der Waals surface area (Å²) in [6.45, 7) is 1.99. The molecule has 12 heteroatoms. The third-order valence-corrected chi connectivity index (χ3v) is 4.92. The molecule has 0 radical (unpaired) electrons. The van der Waals surface area contributed by atoms with Gasteiger partial charge in [-0.1, -0.05) is 6.08 Å². The highest BCUT2D eigenvalue weighted by molar-refractivity contribution is 5.87. The van der Waals surface area contributed by atoms with E-state index in [9.17, 15) is 40.5 Å². The van der Waals surface area contributed by atoms with Crippen LogP contribution in [0, 0.1) is 0 Å². The molecule has 2 fully saturated rings. The van der Waals surface area contributed by atoms with Crippen molar-refractivity contribution < 1.29 is 59.5 Å². The Morgan fingerprint density at radius 2 is 1.34 bits per heavy atom. The highest BCUT2D eigenvalue weighted by Crippen LogP contribution is 2.28. The van der Waals surface area contributed by atoms with Gasteiger partial charge in [-0.2, -0.15) is 0 Å². The summed E-state index contributed by atoms with van der Waals surface area (Å²) in [5, 5.41) is 69.0. The zero-order chi connectivity index (χ0) is 21.9. The van der Waals surface area contributed by atoms with Crippen molar-refractivity contribution in [2.24, 2.45) is 0 Å². The molecule has 0 aromatic heterocycles. The molecule has 2 saturated heterocycles. The number of allylic oxidation sites excluding steroid dienone is 1. The number of carbonyl (C=O) groups is 1. The van der Waals surface area contributed by atoms with Gasteiger partial charge in [0.1, 0.15) is 55.4 Å². The van der Waals surface area contributed by atoms with Gasteiger partial charge in [0.15, 0.2) is 12.6 Å². The molecule has 29 heavy (non-hydrogen) atoms. The fraction of sp³-hybridized carbons (Fsp3) is 0.824. The van der Waals surface area contributed by atoms with E-state index in [2.05, 4.69) is 0 Å². The van der Waals surface area contributed by atoms with Crippen LogP contribution in [0.2, 0.25) is 0 Å². The molecule has 2 aliphatic heterocycles. The van der Waals surface area contributed by atoms with E-state index in [-0.39, 0.29) is 0 Å². The van der Waals surface area contributed by atoms with Crippen LogP contribution in [-0.4, -0.2) is 116 Å². The van der Waals surface area contributed by atoms with Gasteiger partial charge in [0.25, 0.3) is 0 Å². The Kier molecular flexibility index (Phi) is 8.48. The van der Waals surface area contributed by atoms with Gasteiger partial charge in [0.05, 0.1) is 6.61 Å². The maximum Gasteiger partial charge on any atom is 0.333 e. The Labute approximate surface area is 166 Å². The zero-order valence-corrected chi connectivity index (χ0v) is 15.9. The van der Waals surface area contributed by atoms with Crippen molar-refractivity contribution in [2.45, 2.75) is 75.3 Å². The van der Waals surface area contributed by atoms with Gasteiger partial charge in [-0.05, 0) is 13.8 Å². The molecule has 168 valence electrons. The smallest absolute Gasteiger partial charge is 0.333 e. The normalized spacial score (nSPS) is 43.8. The monoisotopic (exact) mass is 424 g/mol. The Hall–Kier alpha value is -1.19. The van der Waals surface area contributed by atoms with E-state index in [0.29, 0.717) is 5.57 Å². The van der Waals surface area contributed by atoms with Crippen molar-refractivity contribution in [1.29, 1.82) is 0 Å². The van der Waals surface area contributed by atoms with Crippen LogP contribution in [0.15, 0.2) is 11.6 Å². The number of hydrogen-bond acceptors (Lipinski definition) is 12. The summed E-state index contributed by atoms with van der Waals surface area (Å²) in [7, 11) is 0. The first-order valence-corrected chi connectivity index (χ1v) is 9.08. The van der Waals surface area contributed by atoms with Gasteiger partial charge in [-0.15, -0.1) is 0 Å². The highest BCUT2D eigenvalue weighted by Gasteiger charge is 2.49. The molecule has 0 spiro atoms. The largest absolute Gasteiger partial charge is 0.459 e. The van der Waals surface area contributed by atoms with Crippen LogP contribution in [0.4, 0.5) is 0 Å². The molecule has 0 aliphatic carbocycles. The lowest BCUT2D eigenvalue weighted by atomic mass is 9.98. The van der Waals surface area contributed by atoms with E-state index < -0.39 is 80.6 Å². The van der Waals surface area contributed by atoms with Crippen LogP contribution in [-0.2, 0) is 23.7 Å². The highest BCUT2D eigenvalue weighted by atomic mass is 16.8. The second-order valence-corrected chi connectivity index (χ2v) is 6.92. The van der Waals surface area contributed by atoms with Crippen LogP contribution in [0.5, 0.6) is 0 Å². The average Bonchev–Trinajstić information content (AvgIpc) is 2.72. The molecule has 0 aromatic carbocycles. The molecular weight excluding hydrogens is 396 g/mol. The number of aliphatic hydroxyl groups excluding tert-OH is 7. The van der Waals surface area contributed by atoms with E-state index in [1.165, 1.54) is 13.0 Å². The maximum absolute atomic E-state index is 11.7. The van der Waals surface area contributed by atoms with Crippen molar-refractivity contribution >= 4 is 5.97 Å². The summed E-state index contributed by atoms with van der Waals surface area (Å²) in [6, 6.07) is 0. The first-order valence-electron chi connectivity index (χ1n) is 9.08. The number of carbonyl (C=O) groups excluding carboxylic acids is 1. The molecule has 0 aromatic rings. The zero-order valence-electron chi connectivity index (χ0n) is 15.9. The van der Waals surface area contributed by atoms with Crippen LogP contribution in [0.25, 0.3) is 0 Å². The minimum Gasteiger partial charge on any atom is -0.459 e. The number of rotatable bonds is 6. The fourth-order valence-electron chi connectivity index (χ4n) is 2.87. The van der Waals surface area contributed by atoms with Crippen molar-refractivity contribution in [3.05, 3.63) is 11.6 Å². The molecule has 7 N–H and O–H groups in total. The molecule has 2 heterocycles. The first-order chi connectivity index (χ1) is 13.6. The van der Waals surface area contributed by atoms with E-state index in [1.54, 1.807) is 6.92 Å². The molecule has 0 bridgehead atoms. The van der Waals surface area contributed by atoms with E-state index in [1.807, 2.05) is 0 Å². The minimum absolute atomic E-state index is 0.310. The Bertz CT molecular complexity index is 581. The quantitative estimate of drug-likeness (QED) is 0.162. The number of aliphatic hydroxyl groups is 7. The third kappa shape index (κ3) is 5.30. The lowest BCUT2D eigenvalue weighted by molar-refractivity contribution is -0.376. The second-order valence-electron chi connectivity index (χ2n) is 6.92. The molecule has 2 aliphatic rings. The molecular formula is C17H28O12. The summed E-state index contributed by atoms with van der Waals surface area (Å²) >= 11 is 0. The predicted octanol–water partition coefficient (Wildman–Crippen LogP) is -3.88. The number of hydrogen-bond donors (Lipinski definition) is 7. The molecule has 0 saturated carbocycles. The van der Waals surface area contributed by atoms with E-state index in [0.717, 1.165) is 0 Å².